The normalized spacial score (nSPS) is 13.3. The van der Waals surface area contributed by atoms with Crippen molar-refractivity contribution in [3.63, 3.8) is 0 Å². The molecule has 0 bridgehead atoms. The van der Waals surface area contributed by atoms with Gasteiger partial charge in [-0.3, -0.25) is 0 Å². The van der Waals surface area contributed by atoms with Crippen LogP contribution in [0.15, 0.2) is 6.20 Å². The van der Waals surface area contributed by atoms with Crippen molar-refractivity contribution in [1.29, 1.82) is 0 Å². The molecule has 0 aromatic carbocycles. The largest absolute Gasteiger partial charge is 0.380 e. The fraction of sp³-hybridized carbons (Fsp3) is 0.818. The van der Waals surface area contributed by atoms with Crippen molar-refractivity contribution >= 4 is 11.6 Å². The molecule has 0 aliphatic carbocycles. The molecular weight excluding hydrogens is 226 g/mol. The second-order valence-corrected chi connectivity index (χ2v) is 4.97. The van der Waals surface area contributed by atoms with Crippen molar-refractivity contribution in [3.05, 3.63) is 11.9 Å². The van der Waals surface area contributed by atoms with Crippen LogP contribution >= 0.6 is 11.6 Å². The minimum atomic E-state index is -0.0874. The number of nitrogens with zero attached hydrogens (tertiary/aromatic N) is 3. The highest BCUT2D eigenvalue weighted by atomic mass is 35.5. The predicted molar refractivity (Wildman–Crippen MR) is 64.6 cm³/mol. The van der Waals surface area contributed by atoms with Crippen LogP contribution in [0.1, 0.15) is 38.3 Å². The zero-order valence-corrected chi connectivity index (χ0v) is 10.9. The molecule has 1 rings (SSSR count). The number of aromatic nitrogens is 3. The minimum Gasteiger partial charge on any atom is -0.380 e. The third kappa shape index (κ3) is 4.94. The van der Waals surface area contributed by atoms with Gasteiger partial charge in [-0.1, -0.05) is 19.1 Å². The molecule has 0 N–H and O–H groups in total. The summed E-state index contributed by atoms with van der Waals surface area (Å²) in [6, 6.07) is 0. The third-order valence-electron chi connectivity index (χ3n) is 2.27. The monoisotopic (exact) mass is 245 g/mol. The molecule has 0 fully saturated rings. The first-order valence-electron chi connectivity index (χ1n) is 5.71. The van der Waals surface area contributed by atoms with E-state index in [1.165, 1.54) is 0 Å². The van der Waals surface area contributed by atoms with E-state index < -0.39 is 0 Å². The lowest BCUT2D eigenvalue weighted by Gasteiger charge is -2.05. The average Bonchev–Trinajstić information content (AvgIpc) is 2.65. The zero-order chi connectivity index (χ0) is 12.0. The minimum absolute atomic E-state index is 0.0874. The van der Waals surface area contributed by atoms with Crippen LogP contribution in [0.2, 0.25) is 0 Å². The smallest absolute Gasteiger partial charge is 0.100 e. The van der Waals surface area contributed by atoms with E-state index in [0.29, 0.717) is 12.5 Å². The summed E-state index contributed by atoms with van der Waals surface area (Å²) in [4.78, 5) is 0. The number of alkyl halides is 1. The maximum Gasteiger partial charge on any atom is 0.100 e. The second kappa shape index (κ2) is 6.86. The van der Waals surface area contributed by atoms with Gasteiger partial charge in [-0.25, -0.2) is 4.68 Å². The van der Waals surface area contributed by atoms with Crippen molar-refractivity contribution in [2.75, 3.05) is 13.2 Å². The molecule has 1 atom stereocenters. The van der Waals surface area contributed by atoms with Gasteiger partial charge in [0, 0.05) is 6.61 Å². The second-order valence-electron chi connectivity index (χ2n) is 4.32. The summed E-state index contributed by atoms with van der Waals surface area (Å²) >= 11 is 5.89. The van der Waals surface area contributed by atoms with Gasteiger partial charge in [-0.15, -0.1) is 16.7 Å². The summed E-state index contributed by atoms with van der Waals surface area (Å²) in [6.07, 6.45) is 2.96. The van der Waals surface area contributed by atoms with Crippen molar-refractivity contribution in [2.24, 2.45) is 5.92 Å². The SMILES string of the molecule is CC(C)CCOCCn1cc(C(C)Cl)nn1. The number of hydrogen-bond donors (Lipinski definition) is 0. The zero-order valence-electron chi connectivity index (χ0n) is 10.2. The lowest BCUT2D eigenvalue weighted by Crippen LogP contribution is -2.08. The van der Waals surface area contributed by atoms with Gasteiger partial charge < -0.3 is 4.74 Å². The predicted octanol–water partition coefficient (Wildman–Crippen LogP) is 2.64. The molecule has 0 aliphatic rings. The molecular formula is C11H20ClN3O. The quantitative estimate of drug-likeness (QED) is 0.548. The van der Waals surface area contributed by atoms with Crippen LogP contribution in [0.3, 0.4) is 0 Å². The van der Waals surface area contributed by atoms with Crippen LogP contribution < -0.4 is 0 Å². The molecule has 1 aromatic heterocycles. The molecule has 5 heteroatoms. The average molecular weight is 246 g/mol. The van der Waals surface area contributed by atoms with E-state index in [-0.39, 0.29) is 5.38 Å². The summed E-state index contributed by atoms with van der Waals surface area (Å²) in [5.74, 6) is 0.690. The molecule has 0 spiro atoms. The lowest BCUT2D eigenvalue weighted by molar-refractivity contribution is 0.113. The molecule has 4 nitrogen and oxygen atoms in total. The van der Waals surface area contributed by atoms with Gasteiger partial charge in [0.05, 0.1) is 24.7 Å². The Hall–Kier alpha value is -0.610. The fourth-order valence-electron chi connectivity index (χ4n) is 1.18. The van der Waals surface area contributed by atoms with Gasteiger partial charge in [0.2, 0.25) is 0 Å². The highest BCUT2D eigenvalue weighted by molar-refractivity contribution is 6.20. The summed E-state index contributed by atoms with van der Waals surface area (Å²) in [5.41, 5.74) is 0.809. The van der Waals surface area contributed by atoms with Crippen LogP contribution in [0, 0.1) is 5.92 Å². The van der Waals surface area contributed by atoms with E-state index in [4.69, 9.17) is 16.3 Å². The number of halogens is 1. The highest BCUT2D eigenvalue weighted by Gasteiger charge is 2.06. The summed E-state index contributed by atoms with van der Waals surface area (Å²) in [5, 5.41) is 7.85. The van der Waals surface area contributed by atoms with Gasteiger partial charge >= 0.3 is 0 Å². The van der Waals surface area contributed by atoms with E-state index in [9.17, 15) is 0 Å². The maximum atomic E-state index is 5.89. The molecule has 0 radical (unpaired) electrons. The van der Waals surface area contributed by atoms with Gasteiger partial charge in [0.1, 0.15) is 5.69 Å². The summed E-state index contributed by atoms with van der Waals surface area (Å²) < 4.78 is 7.26. The Kier molecular flexibility index (Phi) is 5.77. The topological polar surface area (TPSA) is 39.9 Å². The highest BCUT2D eigenvalue weighted by Crippen LogP contribution is 2.15. The molecule has 92 valence electrons. The van der Waals surface area contributed by atoms with Crippen LogP contribution in [-0.4, -0.2) is 28.2 Å². The van der Waals surface area contributed by atoms with Crippen LogP contribution in [0.25, 0.3) is 0 Å². The maximum absolute atomic E-state index is 5.89. The standard InChI is InChI=1S/C11H20ClN3O/c1-9(2)4-6-16-7-5-15-8-11(10(3)12)13-14-15/h8-10H,4-7H2,1-3H3. The van der Waals surface area contributed by atoms with E-state index in [2.05, 4.69) is 24.2 Å². The molecule has 1 heterocycles. The molecule has 1 unspecified atom stereocenters. The lowest BCUT2D eigenvalue weighted by atomic mass is 10.1. The van der Waals surface area contributed by atoms with Crippen LogP contribution in [-0.2, 0) is 11.3 Å². The first-order valence-corrected chi connectivity index (χ1v) is 6.15. The van der Waals surface area contributed by atoms with E-state index in [1.807, 2.05) is 13.1 Å². The number of ether oxygens (including phenoxy) is 1. The molecule has 0 aliphatic heterocycles. The summed E-state index contributed by atoms with van der Waals surface area (Å²) in [7, 11) is 0. The Morgan fingerprint density at radius 3 is 2.69 bits per heavy atom. The first kappa shape index (κ1) is 13.5. The van der Waals surface area contributed by atoms with E-state index in [1.54, 1.807) is 4.68 Å². The Balaban J connectivity index is 2.17. The van der Waals surface area contributed by atoms with Crippen molar-refractivity contribution in [2.45, 2.75) is 39.1 Å². The molecule has 0 saturated heterocycles. The van der Waals surface area contributed by atoms with Crippen molar-refractivity contribution < 1.29 is 4.74 Å². The number of hydrogen-bond acceptors (Lipinski definition) is 3. The van der Waals surface area contributed by atoms with Gasteiger partial charge in [0.25, 0.3) is 0 Å². The molecule has 0 amide bonds. The summed E-state index contributed by atoms with van der Waals surface area (Å²) in [6.45, 7) is 8.48. The van der Waals surface area contributed by atoms with Crippen molar-refractivity contribution in [1.82, 2.24) is 15.0 Å². The Morgan fingerprint density at radius 1 is 1.38 bits per heavy atom. The molecule has 1 aromatic rings. The fourth-order valence-corrected chi connectivity index (χ4v) is 1.28. The van der Waals surface area contributed by atoms with E-state index in [0.717, 1.165) is 25.3 Å². The van der Waals surface area contributed by atoms with E-state index >= 15 is 0 Å². The molecule has 16 heavy (non-hydrogen) atoms. The number of rotatable bonds is 7. The van der Waals surface area contributed by atoms with Gasteiger partial charge in [-0.2, -0.15) is 0 Å². The first-order chi connectivity index (χ1) is 7.59. The third-order valence-corrected chi connectivity index (χ3v) is 2.49. The Labute approximate surface area is 102 Å². The van der Waals surface area contributed by atoms with Gasteiger partial charge in [0.15, 0.2) is 0 Å². The van der Waals surface area contributed by atoms with Crippen molar-refractivity contribution in [3.8, 4) is 0 Å². The van der Waals surface area contributed by atoms with Gasteiger partial charge in [-0.05, 0) is 19.3 Å². The Morgan fingerprint density at radius 2 is 2.12 bits per heavy atom. The van der Waals surface area contributed by atoms with Crippen LogP contribution in [0.4, 0.5) is 0 Å². The van der Waals surface area contributed by atoms with Crippen LogP contribution in [0.5, 0.6) is 0 Å². The molecule has 0 saturated carbocycles. The Bertz CT molecular complexity index is 299.